The Morgan fingerprint density at radius 2 is 2.17 bits per heavy atom. The van der Waals surface area contributed by atoms with Crippen LogP contribution in [0.1, 0.15) is 17.7 Å². The van der Waals surface area contributed by atoms with Gasteiger partial charge in [0.05, 0.1) is 11.2 Å². The van der Waals surface area contributed by atoms with E-state index in [4.69, 9.17) is 0 Å². The molecular weight excluding hydrogens is 244 g/mol. The van der Waals surface area contributed by atoms with Gasteiger partial charge in [0, 0.05) is 25.0 Å². The maximum atomic E-state index is 10.6. The topological polar surface area (TPSA) is 36.4 Å². The Labute approximate surface area is 111 Å². The van der Waals surface area contributed by atoms with Crippen LogP contribution in [0.5, 0.6) is 0 Å². The molecule has 1 aliphatic rings. The van der Waals surface area contributed by atoms with Gasteiger partial charge in [-0.05, 0) is 12.0 Å². The highest BCUT2D eigenvalue weighted by Crippen LogP contribution is 2.32. The van der Waals surface area contributed by atoms with Crippen molar-refractivity contribution >= 4 is 11.3 Å². The highest BCUT2D eigenvalue weighted by Gasteiger charge is 2.38. The second kappa shape index (κ2) is 4.80. The molecule has 1 aromatic carbocycles. The van der Waals surface area contributed by atoms with Gasteiger partial charge in [0.2, 0.25) is 0 Å². The van der Waals surface area contributed by atoms with E-state index in [2.05, 4.69) is 34.1 Å². The van der Waals surface area contributed by atoms with Crippen LogP contribution >= 0.6 is 11.3 Å². The highest BCUT2D eigenvalue weighted by molar-refractivity contribution is 7.07. The lowest BCUT2D eigenvalue weighted by molar-refractivity contribution is 0.0415. The largest absolute Gasteiger partial charge is 0.382 e. The lowest BCUT2D eigenvalue weighted by Crippen LogP contribution is -2.30. The fourth-order valence-corrected chi connectivity index (χ4v) is 3.14. The van der Waals surface area contributed by atoms with Crippen molar-refractivity contribution in [2.75, 3.05) is 13.1 Å². The first kappa shape index (κ1) is 11.8. The Hall–Kier alpha value is -1.23. The molecule has 4 heteroatoms. The van der Waals surface area contributed by atoms with Crippen molar-refractivity contribution in [2.45, 2.75) is 18.6 Å². The standard InChI is InChI=1S/C14H16N2OS/c17-14(13-9-18-11-15-13)6-7-16(10-14)8-12-4-2-1-3-5-12/h1-5,9,11,17H,6-8,10H2. The molecule has 18 heavy (non-hydrogen) atoms. The third-order valence-corrected chi connectivity index (χ3v) is 4.07. The quantitative estimate of drug-likeness (QED) is 0.919. The van der Waals surface area contributed by atoms with Crippen LogP contribution in [-0.4, -0.2) is 28.1 Å². The van der Waals surface area contributed by atoms with Crippen LogP contribution in [0.4, 0.5) is 0 Å². The lowest BCUT2D eigenvalue weighted by Gasteiger charge is -2.21. The Morgan fingerprint density at radius 1 is 1.33 bits per heavy atom. The Balaban J connectivity index is 1.69. The highest BCUT2D eigenvalue weighted by atomic mass is 32.1. The van der Waals surface area contributed by atoms with E-state index in [1.807, 2.05) is 11.4 Å². The Bertz CT molecular complexity index is 500. The molecule has 0 saturated carbocycles. The van der Waals surface area contributed by atoms with Crippen LogP contribution in [0.15, 0.2) is 41.2 Å². The van der Waals surface area contributed by atoms with Crippen molar-refractivity contribution < 1.29 is 5.11 Å². The molecule has 3 nitrogen and oxygen atoms in total. The second-order valence-electron chi connectivity index (χ2n) is 4.85. The summed E-state index contributed by atoms with van der Waals surface area (Å²) in [6, 6.07) is 10.4. The summed E-state index contributed by atoms with van der Waals surface area (Å²) in [6.07, 6.45) is 0.767. The molecule has 3 rings (SSSR count). The maximum Gasteiger partial charge on any atom is 0.121 e. The molecule has 0 bridgehead atoms. The van der Waals surface area contributed by atoms with Crippen LogP contribution in [0.2, 0.25) is 0 Å². The minimum atomic E-state index is -0.755. The number of thiazole rings is 1. The number of aromatic nitrogens is 1. The summed E-state index contributed by atoms with van der Waals surface area (Å²) in [5.41, 5.74) is 3.14. The van der Waals surface area contributed by atoms with Crippen molar-refractivity contribution in [2.24, 2.45) is 0 Å². The number of likely N-dealkylation sites (tertiary alicyclic amines) is 1. The lowest BCUT2D eigenvalue weighted by atomic mass is 10.0. The normalized spacial score (nSPS) is 24.5. The number of hydrogen-bond acceptors (Lipinski definition) is 4. The van der Waals surface area contributed by atoms with Gasteiger partial charge in [-0.1, -0.05) is 30.3 Å². The van der Waals surface area contributed by atoms with Crippen molar-refractivity contribution in [1.82, 2.24) is 9.88 Å². The van der Waals surface area contributed by atoms with E-state index in [-0.39, 0.29) is 0 Å². The predicted molar refractivity (Wildman–Crippen MR) is 72.3 cm³/mol. The van der Waals surface area contributed by atoms with Gasteiger partial charge < -0.3 is 5.11 Å². The van der Waals surface area contributed by atoms with Gasteiger partial charge in [0.1, 0.15) is 5.60 Å². The minimum Gasteiger partial charge on any atom is -0.382 e. The molecule has 1 fully saturated rings. The van der Waals surface area contributed by atoms with Gasteiger partial charge in [-0.3, -0.25) is 4.90 Å². The summed E-state index contributed by atoms with van der Waals surface area (Å²) in [5.74, 6) is 0. The number of hydrogen-bond donors (Lipinski definition) is 1. The fraction of sp³-hybridized carbons (Fsp3) is 0.357. The van der Waals surface area contributed by atoms with E-state index in [1.165, 1.54) is 5.56 Å². The monoisotopic (exact) mass is 260 g/mol. The molecule has 0 amide bonds. The zero-order valence-corrected chi connectivity index (χ0v) is 10.9. The SMILES string of the molecule is OC1(c2cscn2)CCN(Cc2ccccc2)C1. The average Bonchev–Trinajstić information content (AvgIpc) is 3.01. The van der Waals surface area contributed by atoms with E-state index in [9.17, 15) is 5.11 Å². The molecule has 0 radical (unpaired) electrons. The van der Waals surface area contributed by atoms with Gasteiger partial charge in [-0.15, -0.1) is 11.3 Å². The molecule has 1 atom stereocenters. The third-order valence-electron chi connectivity index (χ3n) is 3.48. The molecule has 1 unspecified atom stereocenters. The Morgan fingerprint density at radius 3 is 2.89 bits per heavy atom. The molecule has 0 spiro atoms. The first-order chi connectivity index (χ1) is 8.76. The van der Waals surface area contributed by atoms with Crippen LogP contribution < -0.4 is 0 Å². The zero-order chi connectivity index (χ0) is 12.4. The number of nitrogens with zero attached hydrogens (tertiary/aromatic N) is 2. The minimum absolute atomic E-state index is 0.672. The van der Waals surface area contributed by atoms with Crippen LogP contribution in [0.3, 0.4) is 0 Å². The van der Waals surface area contributed by atoms with E-state index >= 15 is 0 Å². The molecule has 1 aromatic heterocycles. The summed E-state index contributed by atoms with van der Waals surface area (Å²) < 4.78 is 0. The smallest absolute Gasteiger partial charge is 0.121 e. The fourth-order valence-electron chi connectivity index (χ4n) is 2.50. The van der Waals surface area contributed by atoms with Crippen LogP contribution in [-0.2, 0) is 12.1 Å². The van der Waals surface area contributed by atoms with Crippen molar-refractivity contribution in [3.63, 3.8) is 0 Å². The molecule has 1 saturated heterocycles. The second-order valence-corrected chi connectivity index (χ2v) is 5.57. The predicted octanol–water partition coefficient (Wildman–Crippen LogP) is 2.24. The Kier molecular flexibility index (Phi) is 3.16. The van der Waals surface area contributed by atoms with Crippen LogP contribution in [0.25, 0.3) is 0 Å². The van der Waals surface area contributed by atoms with E-state index in [0.29, 0.717) is 6.54 Å². The molecule has 2 aromatic rings. The molecule has 94 valence electrons. The summed E-state index contributed by atoms with van der Waals surface area (Å²) in [7, 11) is 0. The van der Waals surface area contributed by atoms with Crippen molar-refractivity contribution in [3.8, 4) is 0 Å². The molecule has 0 aliphatic carbocycles. The van der Waals surface area contributed by atoms with Gasteiger partial charge in [0.15, 0.2) is 0 Å². The molecule has 2 heterocycles. The molecular formula is C14H16N2OS. The first-order valence-electron chi connectivity index (χ1n) is 6.14. The maximum absolute atomic E-state index is 10.6. The number of β-amino-alcohol motifs (C(OH)–C–C–N with tert-alkyl or cyclic N) is 1. The van der Waals surface area contributed by atoms with Crippen LogP contribution in [0, 0.1) is 0 Å². The van der Waals surface area contributed by atoms with E-state index in [1.54, 1.807) is 16.8 Å². The molecule has 1 N–H and O–H groups in total. The van der Waals surface area contributed by atoms with E-state index < -0.39 is 5.60 Å². The van der Waals surface area contributed by atoms with E-state index in [0.717, 1.165) is 25.2 Å². The third kappa shape index (κ3) is 2.32. The summed E-state index contributed by atoms with van der Waals surface area (Å²) in [4.78, 5) is 6.54. The summed E-state index contributed by atoms with van der Waals surface area (Å²) >= 11 is 1.54. The zero-order valence-electron chi connectivity index (χ0n) is 10.1. The number of aliphatic hydroxyl groups is 1. The van der Waals surface area contributed by atoms with Crippen molar-refractivity contribution in [1.29, 1.82) is 0 Å². The van der Waals surface area contributed by atoms with Gasteiger partial charge in [-0.25, -0.2) is 4.98 Å². The first-order valence-corrected chi connectivity index (χ1v) is 7.08. The molecule has 1 aliphatic heterocycles. The average molecular weight is 260 g/mol. The number of benzene rings is 1. The van der Waals surface area contributed by atoms with Crippen molar-refractivity contribution in [3.05, 3.63) is 52.5 Å². The van der Waals surface area contributed by atoms with Gasteiger partial charge in [-0.2, -0.15) is 0 Å². The van der Waals surface area contributed by atoms with Gasteiger partial charge >= 0.3 is 0 Å². The summed E-state index contributed by atoms with van der Waals surface area (Å²) in [5, 5.41) is 12.6. The van der Waals surface area contributed by atoms with Gasteiger partial charge in [0.25, 0.3) is 0 Å². The number of rotatable bonds is 3. The summed E-state index contributed by atoms with van der Waals surface area (Å²) in [6.45, 7) is 2.49.